The van der Waals surface area contributed by atoms with Crippen molar-refractivity contribution in [1.82, 2.24) is 9.55 Å². The second kappa shape index (κ2) is 2.48. The lowest BCUT2D eigenvalue weighted by Gasteiger charge is -2.05. The summed E-state index contributed by atoms with van der Waals surface area (Å²) < 4.78 is 2.17. The summed E-state index contributed by atoms with van der Waals surface area (Å²) in [5, 5.41) is 3.29. The Morgan fingerprint density at radius 3 is 3.08 bits per heavy atom. The molecule has 1 aliphatic heterocycles. The van der Waals surface area contributed by atoms with E-state index in [0.717, 1.165) is 30.4 Å². The largest absolute Gasteiger partial charge is 0.368 e. The van der Waals surface area contributed by atoms with Crippen molar-refractivity contribution >= 4 is 5.82 Å². The number of nitrogens with one attached hydrogen (secondary N) is 1. The molecule has 0 amide bonds. The molecule has 1 unspecified atom stereocenters. The zero-order chi connectivity index (χ0) is 8.72. The number of nitrogens with zero attached hydrogens (tertiary/aromatic N) is 2. The van der Waals surface area contributed by atoms with Crippen LogP contribution in [0.4, 0.5) is 5.82 Å². The SMILES string of the molecule is Cc1nc(C(C)N)n2c1NCC2. The van der Waals surface area contributed by atoms with Gasteiger partial charge < -0.3 is 15.6 Å². The molecule has 2 rings (SSSR count). The lowest BCUT2D eigenvalue weighted by molar-refractivity contribution is 0.655. The maximum absolute atomic E-state index is 5.79. The van der Waals surface area contributed by atoms with Crippen molar-refractivity contribution in [3.63, 3.8) is 0 Å². The topological polar surface area (TPSA) is 55.9 Å². The van der Waals surface area contributed by atoms with Crippen molar-refractivity contribution < 1.29 is 0 Å². The van der Waals surface area contributed by atoms with Crippen molar-refractivity contribution in [1.29, 1.82) is 0 Å². The Morgan fingerprint density at radius 1 is 1.67 bits per heavy atom. The number of fused-ring (bicyclic) bond motifs is 1. The predicted octanol–water partition coefficient (Wildman–Crippen LogP) is 0.637. The molecule has 0 bridgehead atoms. The molecule has 0 fully saturated rings. The summed E-state index contributed by atoms with van der Waals surface area (Å²) >= 11 is 0. The van der Waals surface area contributed by atoms with Gasteiger partial charge in [0.1, 0.15) is 11.6 Å². The molecule has 66 valence electrons. The molecule has 0 radical (unpaired) electrons. The first kappa shape index (κ1) is 7.61. The quantitative estimate of drug-likeness (QED) is 0.643. The van der Waals surface area contributed by atoms with E-state index in [2.05, 4.69) is 14.9 Å². The van der Waals surface area contributed by atoms with E-state index in [1.807, 2.05) is 13.8 Å². The second-order valence-corrected chi connectivity index (χ2v) is 3.27. The zero-order valence-electron chi connectivity index (χ0n) is 7.46. The fourth-order valence-electron chi connectivity index (χ4n) is 1.68. The van der Waals surface area contributed by atoms with Gasteiger partial charge >= 0.3 is 0 Å². The van der Waals surface area contributed by atoms with Crippen LogP contribution in [0, 0.1) is 6.92 Å². The van der Waals surface area contributed by atoms with E-state index in [-0.39, 0.29) is 6.04 Å². The molecular weight excluding hydrogens is 152 g/mol. The van der Waals surface area contributed by atoms with Gasteiger partial charge in [0.2, 0.25) is 0 Å². The van der Waals surface area contributed by atoms with E-state index in [1.165, 1.54) is 0 Å². The Morgan fingerprint density at radius 2 is 2.42 bits per heavy atom. The van der Waals surface area contributed by atoms with Gasteiger partial charge in [0.15, 0.2) is 0 Å². The Bertz CT molecular complexity index is 300. The number of hydrogen-bond donors (Lipinski definition) is 2. The predicted molar refractivity (Wildman–Crippen MR) is 48.1 cm³/mol. The van der Waals surface area contributed by atoms with Crippen molar-refractivity contribution in [3.8, 4) is 0 Å². The molecule has 12 heavy (non-hydrogen) atoms. The molecule has 1 atom stereocenters. The number of aromatic nitrogens is 2. The Kier molecular flexibility index (Phi) is 1.58. The van der Waals surface area contributed by atoms with Crippen LogP contribution in [0.1, 0.15) is 24.5 Å². The van der Waals surface area contributed by atoms with Gasteiger partial charge in [-0.05, 0) is 13.8 Å². The van der Waals surface area contributed by atoms with Gasteiger partial charge in [0.25, 0.3) is 0 Å². The van der Waals surface area contributed by atoms with E-state index in [1.54, 1.807) is 0 Å². The fourth-order valence-corrected chi connectivity index (χ4v) is 1.68. The van der Waals surface area contributed by atoms with Crippen LogP contribution < -0.4 is 11.1 Å². The first-order valence-corrected chi connectivity index (χ1v) is 4.26. The van der Waals surface area contributed by atoms with E-state index >= 15 is 0 Å². The highest BCUT2D eigenvalue weighted by Crippen LogP contribution is 2.23. The van der Waals surface area contributed by atoms with Crippen LogP contribution in [0.25, 0.3) is 0 Å². The third kappa shape index (κ3) is 0.914. The van der Waals surface area contributed by atoms with Crippen molar-refractivity contribution in [2.24, 2.45) is 5.73 Å². The van der Waals surface area contributed by atoms with Gasteiger partial charge in [-0.3, -0.25) is 0 Å². The van der Waals surface area contributed by atoms with Crippen LogP contribution in [0.3, 0.4) is 0 Å². The number of anilines is 1. The van der Waals surface area contributed by atoms with E-state index in [0.29, 0.717) is 0 Å². The first-order chi connectivity index (χ1) is 5.70. The first-order valence-electron chi connectivity index (χ1n) is 4.26. The van der Waals surface area contributed by atoms with Crippen molar-refractivity contribution in [3.05, 3.63) is 11.5 Å². The van der Waals surface area contributed by atoms with Crippen LogP contribution in [-0.2, 0) is 6.54 Å². The number of hydrogen-bond acceptors (Lipinski definition) is 3. The zero-order valence-corrected chi connectivity index (χ0v) is 7.46. The molecule has 0 aliphatic carbocycles. The summed E-state index contributed by atoms with van der Waals surface area (Å²) in [6.45, 7) is 5.97. The van der Waals surface area contributed by atoms with Crippen LogP contribution in [0.5, 0.6) is 0 Å². The maximum atomic E-state index is 5.79. The van der Waals surface area contributed by atoms with Gasteiger partial charge in [0.05, 0.1) is 11.7 Å². The molecule has 4 heteroatoms. The molecule has 1 aromatic heterocycles. The van der Waals surface area contributed by atoms with Gasteiger partial charge in [0, 0.05) is 13.1 Å². The minimum atomic E-state index is 0.0253. The van der Waals surface area contributed by atoms with Crippen LogP contribution >= 0.6 is 0 Å². The minimum absolute atomic E-state index is 0.0253. The number of aryl methyl sites for hydroxylation is 1. The van der Waals surface area contributed by atoms with Gasteiger partial charge in [-0.15, -0.1) is 0 Å². The Labute approximate surface area is 71.8 Å². The molecule has 4 nitrogen and oxygen atoms in total. The lowest BCUT2D eigenvalue weighted by Crippen LogP contribution is -2.12. The highest BCUT2D eigenvalue weighted by Gasteiger charge is 2.19. The molecule has 0 saturated carbocycles. The normalized spacial score (nSPS) is 17.2. The molecular formula is C8H14N4. The van der Waals surface area contributed by atoms with Crippen LogP contribution in [-0.4, -0.2) is 16.1 Å². The molecule has 0 aromatic carbocycles. The summed E-state index contributed by atoms with van der Waals surface area (Å²) in [5.41, 5.74) is 6.84. The summed E-state index contributed by atoms with van der Waals surface area (Å²) in [7, 11) is 0. The molecule has 2 heterocycles. The summed E-state index contributed by atoms with van der Waals surface area (Å²) in [6, 6.07) is 0.0253. The highest BCUT2D eigenvalue weighted by molar-refractivity contribution is 5.45. The number of rotatable bonds is 1. The third-order valence-corrected chi connectivity index (χ3v) is 2.21. The van der Waals surface area contributed by atoms with E-state index in [9.17, 15) is 0 Å². The lowest BCUT2D eigenvalue weighted by atomic mass is 10.3. The second-order valence-electron chi connectivity index (χ2n) is 3.27. The fraction of sp³-hybridized carbons (Fsp3) is 0.625. The number of nitrogens with two attached hydrogens (primary N) is 1. The Hall–Kier alpha value is -1.03. The monoisotopic (exact) mass is 166 g/mol. The summed E-state index contributed by atoms with van der Waals surface area (Å²) in [4.78, 5) is 4.41. The molecule has 0 spiro atoms. The maximum Gasteiger partial charge on any atom is 0.129 e. The van der Waals surface area contributed by atoms with Crippen molar-refractivity contribution in [2.45, 2.75) is 26.4 Å². The minimum Gasteiger partial charge on any atom is -0.368 e. The van der Waals surface area contributed by atoms with Crippen molar-refractivity contribution in [2.75, 3.05) is 11.9 Å². The van der Waals surface area contributed by atoms with Gasteiger partial charge in [-0.1, -0.05) is 0 Å². The smallest absolute Gasteiger partial charge is 0.129 e. The third-order valence-electron chi connectivity index (χ3n) is 2.21. The van der Waals surface area contributed by atoms with Crippen LogP contribution in [0.2, 0.25) is 0 Å². The molecule has 1 aromatic rings. The van der Waals surface area contributed by atoms with E-state index in [4.69, 9.17) is 5.73 Å². The average molecular weight is 166 g/mol. The van der Waals surface area contributed by atoms with Gasteiger partial charge in [-0.25, -0.2) is 4.98 Å². The molecule has 3 N–H and O–H groups in total. The summed E-state index contributed by atoms with van der Waals surface area (Å²) in [5.74, 6) is 2.13. The highest BCUT2D eigenvalue weighted by atomic mass is 15.2. The van der Waals surface area contributed by atoms with Gasteiger partial charge in [-0.2, -0.15) is 0 Å². The molecule has 0 saturated heterocycles. The van der Waals surface area contributed by atoms with Crippen LogP contribution in [0.15, 0.2) is 0 Å². The number of imidazole rings is 1. The summed E-state index contributed by atoms with van der Waals surface area (Å²) in [6.07, 6.45) is 0. The average Bonchev–Trinajstić information content (AvgIpc) is 2.53. The standard InChI is InChI=1S/C8H14N4/c1-5(9)7-11-6(2)8-10-3-4-12(7)8/h5,10H,3-4,9H2,1-2H3. The van der Waals surface area contributed by atoms with E-state index < -0.39 is 0 Å². The Balaban J connectivity index is 2.51. The molecule has 1 aliphatic rings.